The number of rotatable bonds is 2. The number of piperidine rings is 1. The standard InChI is InChI=1S/C16H24BrN3O2/c1-16(2,3)22-15(21)20-8-6-12(7-9-20)19-14-5-4-11(17)10-13(14)18/h4-5,10,12,19H,6-9,18H2,1-3H3. The van der Waals surface area contributed by atoms with Crippen LogP contribution in [0.3, 0.4) is 0 Å². The van der Waals surface area contributed by atoms with E-state index in [4.69, 9.17) is 10.5 Å². The fourth-order valence-corrected chi connectivity index (χ4v) is 2.80. The molecule has 1 aliphatic rings. The molecule has 5 nitrogen and oxygen atoms in total. The van der Waals surface area contributed by atoms with Crippen LogP contribution in [0.15, 0.2) is 22.7 Å². The lowest BCUT2D eigenvalue weighted by Gasteiger charge is -2.34. The van der Waals surface area contributed by atoms with Gasteiger partial charge in [-0.1, -0.05) is 15.9 Å². The van der Waals surface area contributed by atoms with E-state index in [-0.39, 0.29) is 6.09 Å². The molecule has 1 aromatic rings. The van der Waals surface area contributed by atoms with Crippen LogP contribution in [0.4, 0.5) is 16.2 Å². The first-order valence-corrected chi connectivity index (χ1v) is 8.33. The number of hydrogen-bond acceptors (Lipinski definition) is 4. The molecule has 3 N–H and O–H groups in total. The zero-order chi connectivity index (χ0) is 16.3. The van der Waals surface area contributed by atoms with E-state index in [0.717, 1.165) is 28.7 Å². The Balaban J connectivity index is 1.86. The smallest absolute Gasteiger partial charge is 0.410 e. The van der Waals surface area contributed by atoms with E-state index in [1.165, 1.54) is 0 Å². The van der Waals surface area contributed by atoms with Crippen LogP contribution in [0.2, 0.25) is 0 Å². The lowest BCUT2D eigenvalue weighted by atomic mass is 10.0. The van der Waals surface area contributed by atoms with E-state index < -0.39 is 5.60 Å². The van der Waals surface area contributed by atoms with Crippen molar-refractivity contribution in [2.75, 3.05) is 24.1 Å². The topological polar surface area (TPSA) is 67.6 Å². The Morgan fingerprint density at radius 2 is 2.00 bits per heavy atom. The van der Waals surface area contributed by atoms with Gasteiger partial charge in [-0.05, 0) is 51.8 Å². The maximum absolute atomic E-state index is 12.0. The second kappa shape index (κ2) is 6.77. The van der Waals surface area contributed by atoms with E-state index in [0.29, 0.717) is 19.1 Å². The minimum atomic E-state index is -0.446. The molecule has 122 valence electrons. The number of halogens is 1. The van der Waals surface area contributed by atoms with E-state index in [2.05, 4.69) is 21.2 Å². The molecule has 1 aliphatic heterocycles. The number of nitrogens with zero attached hydrogens (tertiary/aromatic N) is 1. The van der Waals surface area contributed by atoms with E-state index >= 15 is 0 Å². The number of carbonyl (C=O) groups is 1. The molecule has 6 heteroatoms. The molecule has 22 heavy (non-hydrogen) atoms. The zero-order valence-electron chi connectivity index (χ0n) is 13.4. The van der Waals surface area contributed by atoms with E-state index in [9.17, 15) is 4.79 Å². The first-order valence-electron chi connectivity index (χ1n) is 7.54. The first-order chi connectivity index (χ1) is 10.2. The molecule has 2 rings (SSSR count). The van der Waals surface area contributed by atoms with Gasteiger partial charge in [0.15, 0.2) is 0 Å². The van der Waals surface area contributed by atoms with Crippen molar-refractivity contribution in [3.8, 4) is 0 Å². The van der Waals surface area contributed by atoms with Crippen molar-refractivity contribution in [2.24, 2.45) is 0 Å². The average Bonchev–Trinajstić information content (AvgIpc) is 2.41. The zero-order valence-corrected chi connectivity index (χ0v) is 14.9. The fraction of sp³-hybridized carbons (Fsp3) is 0.562. The van der Waals surface area contributed by atoms with E-state index in [1.54, 1.807) is 4.90 Å². The fourth-order valence-electron chi connectivity index (χ4n) is 2.42. The monoisotopic (exact) mass is 369 g/mol. The maximum Gasteiger partial charge on any atom is 0.410 e. The average molecular weight is 370 g/mol. The van der Waals surface area contributed by atoms with Crippen LogP contribution in [-0.2, 0) is 4.74 Å². The Morgan fingerprint density at radius 3 is 2.55 bits per heavy atom. The summed E-state index contributed by atoms with van der Waals surface area (Å²) in [6.45, 7) is 7.05. The van der Waals surface area contributed by atoms with Gasteiger partial charge in [0.25, 0.3) is 0 Å². The van der Waals surface area contributed by atoms with Crippen LogP contribution in [0.1, 0.15) is 33.6 Å². The van der Waals surface area contributed by atoms with Crippen molar-refractivity contribution >= 4 is 33.4 Å². The Labute approximate surface area is 140 Å². The normalized spacial score (nSPS) is 16.5. The molecule has 1 aromatic carbocycles. The van der Waals surface area contributed by atoms with Gasteiger partial charge in [-0.2, -0.15) is 0 Å². The van der Waals surface area contributed by atoms with Gasteiger partial charge in [0, 0.05) is 23.6 Å². The first kappa shape index (κ1) is 16.9. The van der Waals surface area contributed by atoms with Gasteiger partial charge in [-0.25, -0.2) is 4.79 Å². The summed E-state index contributed by atoms with van der Waals surface area (Å²) in [4.78, 5) is 13.8. The molecular formula is C16H24BrN3O2. The summed E-state index contributed by atoms with van der Waals surface area (Å²) >= 11 is 3.40. The third-order valence-corrected chi connectivity index (χ3v) is 4.01. The quantitative estimate of drug-likeness (QED) is 0.777. The third kappa shape index (κ3) is 4.80. The summed E-state index contributed by atoms with van der Waals surface area (Å²) in [5.41, 5.74) is 7.23. The Hall–Kier alpha value is -1.43. The highest BCUT2D eigenvalue weighted by atomic mass is 79.9. The molecule has 1 heterocycles. The second-order valence-electron chi connectivity index (χ2n) is 6.62. The largest absolute Gasteiger partial charge is 0.444 e. The number of carbonyl (C=O) groups excluding carboxylic acids is 1. The predicted octanol–water partition coefficient (Wildman–Crippen LogP) is 3.84. The van der Waals surface area contributed by atoms with Crippen LogP contribution in [0.5, 0.6) is 0 Å². The lowest BCUT2D eigenvalue weighted by Crippen LogP contribution is -2.44. The number of nitrogen functional groups attached to an aromatic ring is 1. The molecule has 0 bridgehead atoms. The van der Waals surface area contributed by atoms with Gasteiger partial charge in [0.1, 0.15) is 5.60 Å². The second-order valence-corrected chi connectivity index (χ2v) is 7.53. The number of anilines is 2. The predicted molar refractivity (Wildman–Crippen MR) is 93.0 cm³/mol. The number of amides is 1. The Morgan fingerprint density at radius 1 is 1.36 bits per heavy atom. The van der Waals surface area contributed by atoms with Crippen molar-refractivity contribution in [1.29, 1.82) is 0 Å². The summed E-state index contributed by atoms with van der Waals surface area (Å²) < 4.78 is 6.37. The highest BCUT2D eigenvalue weighted by Crippen LogP contribution is 2.26. The van der Waals surface area contributed by atoms with Gasteiger partial charge in [0.2, 0.25) is 0 Å². The summed E-state index contributed by atoms with van der Waals surface area (Å²) in [5.74, 6) is 0. The number of hydrogen-bond donors (Lipinski definition) is 2. The molecule has 1 amide bonds. The molecule has 0 aromatic heterocycles. The van der Waals surface area contributed by atoms with Crippen molar-refractivity contribution in [3.05, 3.63) is 22.7 Å². The maximum atomic E-state index is 12.0. The molecule has 0 saturated carbocycles. The molecule has 0 unspecified atom stereocenters. The molecule has 0 atom stereocenters. The minimum absolute atomic E-state index is 0.228. The number of likely N-dealkylation sites (tertiary alicyclic amines) is 1. The highest BCUT2D eigenvalue weighted by Gasteiger charge is 2.26. The molecular weight excluding hydrogens is 346 g/mol. The number of benzene rings is 1. The molecule has 0 spiro atoms. The van der Waals surface area contributed by atoms with Gasteiger partial charge < -0.3 is 20.7 Å². The molecule has 0 aliphatic carbocycles. The van der Waals surface area contributed by atoms with Gasteiger partial charge in [-0.15, -0.1) is 0 Å². The lowest BCUT2D eigenvalue weighted by molar-refractivity contribution is 0.0210. The summed E-state index contributed by atoms with van der Waals surface area (Å²) in [6, 6.07) is 6.15. The van der Waals surface area contributed by atoms with Gasteiger partial charge in [0.05, 0.1) is 11.4 Å². The molecule has 1 saturated heterocycles. The molecule has 1 fully saturated rings. The summed E-state index contributed by atoms with van der Waals surface area (Å²) in [7, 11) is 0. The minimum Gasteiger partial charge on any atom is -0.444 e. The van der Waals surface area contributed by atoms with Gasteiger partial charge >= 0.3 is 6.09 Å². The third-order valence-electron chi connectivity index (χ3n) is 3.52. The Kier molecular flexibility index (Phi) is 5.21. The van der Waals surface area contributed by atoms with Crippen LogP contribution in [0.25, 0.3) is 0 Å². The Bertz CT molecular complexity index is 535. The molecule has 0 radical (unpaired) electrons. The SMILES string of the molecule is CC(C)(C)OC(=O)N1CCC(Nc2ccc(Br)cc2N)CC1. The van der Waals surface area contributed by atoms with Crippen LogP contribution >= 0.6 is 15.9 Å². The van der Waals surface area contributed by atoms with Crippen molar-refractivity contribution in [3.63, 3.8) is 0 Å². The van der Waals surface area contributed by atoms with Crippen LogP contribution in [-0.4, -0.2) is 35.7 Å². The van der Waals surface area contributed by atoms with Crippen molar-refractivity contribution in [2.45, 2.75) is 45.3 Å². The number of nitrogens with one attached hydrogen (secondary N) is 1. The van der Waals surface area contributed by atoms with Crippen molar-refractivity contribution < 1.29 is 9.53 Å². The van der Waals surface area contributed by atoms with Crippen LogP contribution < -0.4 is 11.1 Å². The van der Waals surface area contributed by atoms with Gasteiger partial charge in [-0.3, -0.25) is 0 Å². The van der Waals surface area contributed by atoms with E-state index in [1.807, 2.05) is 39.0 Å². The van der Waals surface area contributed by atoms with Crippen molar-refractivity contribution in [1.82, 2.24) is 4.90 Å². The summed E-state index contributed by atoms with van der Waals surface area (Å²) in [5, 5.41) is 3.46. The number of ether oxygens (including phenoxy) is 1. The van der Waals surface area contributed by atoms with Crippen LogP contribution in [0, 0.1) is 0 Å². The summed E-state index contributed by atoms with van der Waals surface area (Å²) in [6.07, 6.45) is 1.54. The highest BCUT2D eigenvalue weighted by molar-refractivity contribution is 9.10. The number of nitrogens with two attached hydrogens (primary N) is 1.